The summed E-state index contributed by atoms with van der Waals surface area (Å²) < 4.78 is 26.6. The van der Waals surface area contributed by atoms with Gasteiger partial charge in [0.05, 0.1) is 10.2 Å². The summed E-state index contributed by atoms with van der Waals surface area (Å²) in [6, 6.07) is 1.67. The Morgan fingerprint density at radius 2 is 2.11 bits per heavy atom. The van der Waals surface area contributed by atoms with E-state index in [1.807, 2.05) is 0 Å². The number of carbonyl (C=O) groups excluding carboxylic acids is 1. The fourth-order valence-corrected chi connectivity index (χ4v) is 2.36. The molecule has 0 atom stereocenters. The van der Waals surface area contributed by atoms with Crippen molar-refractivity contribution in [1.29, 1.82) is 0 Å². The van der Waals surface area contributed by atoms with E-state index in [0.717, 1.165) is 0 Å². The number of pyridine rings is 1. The zero-order valence-electron chi connectivity index (χ0n) is 9.63. The van der Waals surface area contributed by atoms with Crippen molar-refractivity contribution in [1.82, 2.24) is 4.98 Å². The van der Waals surface area contributed by atoms with Crippen LogP contribution in [0.1, 0.15) is 25.7 Å². The van der Waals surface area contributed by atoms with Crippen LogP contribution in [0.4, 0.5) is 14.5 Å². The predicted octanol–water partition coefficient (Wildman–Crippen LogP) is 3.61. The van der Waals surface area contributed by atoms with Crippen LogP contribution < -0.4 is 5.32 Å². The molecule has 1 N–H and O–H groups in total. The number of alkyl halides is 2. The van der Waals surface area contributed by atoms with Gasteiger partial charge in [-0.3, -0.25) is 9.78 Å². The van der Waals surface area contributed by atoms with Crippen molar-refractivity contribution in [3.63, 3.8) is 0 Å². The van der Waals surface area contributed by atoms with Crippen molar-refractivity contribution in [2.45, 2.75) is 31.6 Å². The molecule has 0 spiro atoms. The van der Waals surface area contributed by atoms with Gasteiger partial charge in [-0.15, -0.1) is 0 Å². The number of hydrogen-bond donors (Lipinski definition) is 1. The average molecular weight is 319 g/mol. The minimum atomic E-state index is -2.60. The standard InChI is InChI=1S/C12H13BrF2N2O/c13-9-7-16-6-3-10(9)17-11(18)8-1-4-12(14,15)5-2-8/h3,6-8H,1-2,4-5H2,(H,16,17,18). The lowest BCUT2D eigenvalue weighted by atomic mass is 9.86. The van der Waals surface area contributed by atoms with Crippen molar-refractivity contribution < 1.29 is 13.6 Å². The van der Waals surface area contributed by atoms with E-state index in [-0.39, 0.29) is 37.5 Å². The van der Waals surface area contributed by atoms with Gasteiger partial charge in [0, 0.05) is 31.2 Å². The first-order valence-electron chi connectivity index (χ1n) is 5.76. The zero-order valence-corrected chi connectivity index (χ0v) is 11.2. The molecule has 3 nitrogen and oxygen atoms in total. The molecule has 0 unspecified atom stereocenters. The minimum absolute atomic E-state index is 0.197. The first kappa shape index (κ1) is 13.4. The monoisotopic (exact) mass is 318 g/mol. The van der Waals surface area contributed by atoms with Crippen molar-refractivity contribution >= 4 is 27.5 Å². The second kappa shape index (κ2) is 5.30. The zero-order chi connectivity index (χ0) is 13.2. The number of aromatic nitrogens is 1. The number of anilines is 1. The number of halogens is 3. The lowest BCUT2D eigenvalue weighted by molar-refractivity contribution is -0.124. The van der Waals surface area contributed by atoms with Gasteiger partial charge in [0.15, 0.2) is 0 Å². The van der Waals surface area contributed by atoms with Gasteiger partial charge in [0.2, 0.25) is 11.8 Å². The number of amides is 1. The van der Waals surface area contributed by atoms with Crippen molar-refractivity contribution in [3.8, 4) is 0 Å². The number of nitrogens with zero attached hydrogens (tertiary/aromatic N) is 1. The third-order valence-electron chi connectivity index (χ3n) is 3.12. The Kier molecular flexibility index (Phi) is 3.94. The maximum Gasteiger partial charge on any atom is 0.248 e. The van der Waals surface area contributed by atoms with Gasteiger partial charge in [-0.2, -0.15) is 0 Å². The summed E-state index contributed by atoms with van der Waals surface area (Å²) in [5.41, 5.74) is 0.618. The van der Waals surface area contributed by atoms with E-state index in [2.05, 4.69) is 26.2 Å². The maximum atomic E-state index is 13.0. The molecular weight excluding hydrogens is 306 g/mol. The number of carbonyl (C=O) groups is 1. The summed E-state index contributed by atoms with van der Waals surface area (Å²) in [4.78, 5) is 15.8. The topological polar surface area (TPSA) is 42.0 Å². The highest BCUT2D eigenvalue weighted by molar-refractivity contribution is 9.10. The van der Waals surface area contributed by atoms with Gasteiger partial charge in [-0.25, -0.2) is 8.78 Å². The Labute approximate surface area is 112 Å². The Morgan fingerprint density at radius 1 is 1.44 bits per heavy atom. The molecule has 6 heteroatoms. The second-order valence-corrected chi connectivity index (χ2v) is 5.33. The fourth-order valence-electron chi connectivity index (χ4n) is 2.01. The Balaban J connectivity index is 1.95. The third kappa shape index (κ3) is 3.25. The van der Waals surface area contributed by atoms with Crippen molar-refractivity contribution in [2.24, 2.45) is 5.92 Å². The highest BCUT2D eigenvalue weighted by atomic mass is 79.9. The molecule has 0 saturated heterocycles. The summed E-state index contributed by atoms with van der Waals surface area (Å²) >= 11 is 3.27. The Bertz CT molecular complexity index is 443. The lowest BCUT2D eigenvalue weighted by Crippen LogP contribution is -2.31. The molecule has 0 radical (unpaired) electrons. The quantitative estimate of drug-likeness (QED) is 0.905. The molecular formula is C12H13BrF2N2O. The minimum Gasteiger partial charge on any atom is -0.325 e. The summed E-state index contributed by atoms with van der Waals surface area (Å²) in [7, 11) is 0. The lowest BCUT2D eigenvalue weighted by Gasteiger charge is -2.27. The summed E-state index contributed by atoms with van der Waals surface area (Å²) in [5, 5.41) is 2.74. The largest absolute Gasteiger partial charge is 0.325 e. The summed E-state index contributed by atoms with van der Waals surface area (Å²) in [6.45, 7) is 0. The maximum absolute atomic E-state index is 13.0. The molecule has 1 amide bonds. The van der Waals surface area contributed by atoms with Crippen LogP contribution >= 0.6 is 15.9 Å². The van der Waals surface area contributed by atoms with E-state index in [0.29, 0.717) is 10.2 Å². The smallest absolute Gasteiger partial charge is 0.248 e. The van der Waals surface area contributed by atoms with Crippen LogP contribution in [0.5, 0.6) is 0 Å². The van der Waals surface area contributed by atoms with Crippen LogP contribution in [0.2, 0.25) is 0 Å². The molecule has 1 saturated carbocycles. The van der Waals surface area contributed by atoms with Gasteiger partial charge in [-0.1, -0.05) is 0 Å². The van der Waals surface area contributed by atoms with Crippen LogP contribution in [0.15, 0.2) is 22.9 Å². The van der Waals surface area contributed by atoms with Gasteiger partial charge in [0.1, 0.15) is 0 Å². The van der Waals surface area contributed by atoms with E-state index in [1.165, 1.54) is 0 Å². The van der Waals surface area contributed by atoms with Crippen LogP contribution in [0.25, 0.3) is 0 Å². The highest BCUT2D eigenvalue weighted by Crippen LogP contribution is 2.36. The number of rotatable bonds is 2. The van der Waals surface area contributed by atoms with Crippen LogP contribution in [0.3, 0.4) is 0 Å². The Hall–Kier alpha value is -1.04. The van der Waals surface area contributed by atoms with Gasteiger partial charge in [0.25, 0.3) is 0 Å². The van der Waals surface area contributed by atoms with Crippen LogP contribution in [-0.2, 0) is 4.79 Å². The molecule has 0 aromatic carbocycles. The molecule has 1 aromatic heterocycles. The molecule has 18 heavy (non-hydrogen) atoms. The Morgan fingerprint density at radius 3 is 2.72 bits per heavy atom. The molecule has 1 aromatic rings. The van der Waals surface area contributed by atoms with E-state index in [4.69, 9.17) is 0 Å². The fraction of sp³-hybridized carbons (Fsp3) is 0.500. The summed E-state index contributed by atoms with van der Waals surface area (Å²) in [6.07, 6.45) is 3.20. The van der Waals surface area contributed by atoms with Crippen LogP contribution in [-0.4, -0.2) is 16.8 Å². The molecule has 1 fully saturated rings. The molecule has 0 bridgehead atoms. The van der Waals surface area contributed by atoms with Gasteiger partial charge < -0.3 is 5.32 Å². The van der Waals surface area contributed by atoms with Crippen molar-refractivity contribution in [2.75, 3.05) is 5.32 Å². The molecule has 98 valence electrons. The third-order valence-corrected chi connectivity index (χ3v) is 3.75. The average Bonchev–Trinajstić information content (AvgIpc) is 2.32. The first-order chi connectivity index (χ1) is 8.48. The van der Waals surface area contributed by atoms with E-state index >= 15 is 0 Å². The van der Waals surface area contributed by atoms with Gasteiger partial charge in [-0.05, 0) is 34.8 Å². The molecule has 1 heterocycles. The predicted molar refractivity (Wildman–Crippen MR) is 67.5 cm³/mol. The van der Waals surface area contributed by atoms with E-state index < -0.39 is 5.92 Å². The SMILES string of the molecule is O=C(Nc1ccncc1Br)C1CCC(F)(F)CC1. The number of hydrogen-bond acceptors (Lipinski definition) is 2. The summed E-state index contributed by atoms with van der Waals surface area (Å²) in [5.74, 6) is -3.13. The normalized spacial score (nSPS) is 19.5. The van der Waals surface area contributed by atoms with E-state index in [1.54, 1.807) is 18.5 Å². The van der Waals surface area contributed by atoms with E-state index in [9.17, 15) is 13.6 Å². The van der Waals surface area contributed by atoms with Crippen molar-refractivity contribution in [3.05, 3.63) is 22.9 Å². The van der Waals surface area contributed by atoms with Gasteiger partial charge >= 0.3 is 0 Å². The number of nitrogens with one attached hydrogen (secondary N) is 1. The highest BCUT2D eigenvalue weighted by Gasteiger charge is 2.37. The molecule has 1 aliphatic rings. The molecule has 1 aliphatic carbocycles. The second-order valence-electron chi connectivity index (χ2n) is 4.47. The first-order valence-corrected chi connectivity index (χ1v) is 6.55. The molecule has 2 rings (SSSR count). The van der Waals surface area contributed by atoms with Crippen LogP contribution in [0, 0.1) is 5.92 Å². The molecule has 0 aliphatic heterocycles.